The van der Waals surface area contributed by atoms with Gasteiger partial charge in [0, 0.05) is 23.6 Å². The third kappa shape index (κ3) is 4.23. The highest BCUT2D eigenvalue weighted by Crippen LogP contribution is 2.34. The Balaban J connectivity index is 1.50. The van der Waals surface area contributed by atoms with Gasteiger partial charge in [-0.2, -0.15) is 4.98 Å². The Bertz CT molecular complexity index is 1090. The van der Waals surface area contributed by atoms with Crippen LogP contribution in [0.15, 0.2) is 47.0 Å². The lowest BCUT2D eigenvalue weighted by atomic mass is 10.1. The maximum atomic E-state index is 14.1. The summed E-state index contributed by atoms with van der Waals surface area (Å²) in [6.45, 7) is 0.121. The van der Waals surface area contributed by atoms with E-state index in [1.165, 1.54) is 35.2 Å². The monoisotopic (exact) mass is 441 g/mol. The molecule has 1 aliphatic rings. The van der Waals surface area contributed by atoms with E-state index in [4.69, 9.17) is 16.1 Å². The van der Waals surface area contributed by atoms with Gasteiger partial charge in [0.15, 0.2) is 0 Å². The first-order valence-electron chi connectivity index (χ1n) is 8.65. The van der Waals surface area contributed by atoms with Crippen LogP contribution in [0.4, 0.5) is 23.2 Å². The van der Waals surface area contributed by atoms with Gasteiger partial charge in [-0.1, -0.05) is 16.8 Å². The first-order valence-corrected chi connectivity index (χ1v) is 9.02. The van der Waals surface area contributed by atoms with E-state index >= 15 is 0 Å². The molecule has 1 aliphatic heterocycles. The van der Waals surface area contributed by atoms with Gasteiger partial charge in [0.05, 0.1) is 11.6 Å². The summed E-state index contributed by atoms with van der Waals surface area (Å²) >= 11 is 5.90. The zero-order valence-corrected chi connectivity index (χ0v) is 15.7. The third-order valence-corrected chi connectivity index (χ3v) is 4.70. The van der Waals surface area contributed by atoms with E-state index < -0.39 is 18.1 Å². The van der Waals surface area contributed by atoms with Gasteiger partial charge in [-0.15, -0.1) is 13.2 Å². The van der Waals surface area contributed by atoms with Crippen molar-refractivity contribution in [1.82, 2.24) is 10.1 Å². The summed E-state index contributed by atoms with van der Waals surface area (Å²) in [7, 11) is 0. The number of hydrogen-bond acceptors (Lipinski definition) is 5. The van der Waals surface area contributed by atoms with Gasteiger partial charge >= 0.3 is 6.36 Å². The maximum absolute atomic E-state index is 14.1. The van der Waals surface area contributed by atoms with Gasteiger partial charge in [-0.3, -0.25) is 4.79 Å². The molecule has 0 bridgehead atoms. The number of carbonyl (C=O) groups is 1. The molecular formula is C19H12ClF4N3O3. The molecule has 1 saturated heterocycles. The van der Waals surface area contributed by atoms with Crippen molar-refractivity contribution >= 4 is 23.2 Å². The molecule has 0 spiro atoms. The molecular weight excluding hydrogens is 430 g/mol. The van der Waals surface area contributed by atoms with E-state index in [1.807, 2.05) is 0 Å². The molecule has 2 aromatic carbocycles. The van der Waals surface area contributed by atoms with Crippen molar-refractivity contribution in [3.63, 3.8) is 0 Å². The van der Waals surface area contributed by atoms with Crippen molar-refractivity contribution in [2.75, 3.05) is 11.4 Å². The second-order valence-electron chi connectivity index (χ2n) is 6.53. The number of carbonyl (C=O) groups excluding carboxylic acids is 1. The van der Waals surface area contributed by atoms with Gasteiger partial charge in [0.25, 0.3) is 0 Å². The highest BCUT2D eigenvalue weighted by molar-refractivity contribution is 6.31. The Morgan fingerprint density at radius 2 is 1.90 bits per heavy atom. The number of hydrogen-bond donors (Lipinski definition) is 0. The summed E-state index contributed by atoms with van der Waals surface area (Å²) in [4.78, 5) is 17.9. The SMILES string of the molecule is O=C1CC(c2nc(-c3ccc(OC(F)(F)F)cc3)no2)CN1c1cc(Cl)ccc1F. The Morgan fingerprint density at radius 1 is 1.17 bits per heavy atom. The quantitative estimate of drug-likeness (QED) is 0.536. The molecule has 4 rings (SSSR count). The normalized spacial score (nSPS) is 16.9. The van der Waals surface area contributed by atoms with Crippen LogP contribution in [0.3, 0.4) is 0 Å². The van der Waals surface area contributed by atoms with Crippen LogP contribution >= 0.6 is 11.6 Å². The summed E-state index contributed by atoms with van der Waals surface area (Å²) in [6, 6.07) is 8.87. The minimum absolute atomic E-state index is 0.0337. The number of amides is 1. The number of benzene rings is 2. The number of aromatic nitrogens is 2. The molecule has 11 heteroatoms. The molecule has 2 heterocycles. The molecule has 0 saturated carbocycles. The lowest BCUT2D eigenvalue weighted by molar-refractivity contribution is -0.274. The number of anilines is 1. The molecule has 30 heavy (non-hydrogen) atoms. The predicted octanol–water partition coefficient (Wildman–Crippen LogP) is 4.95. The summed E-state index contributed by atoms with van der Waals surface area (Å²) < 4.78 is 59.9. The summed E-state index contributed by atoms with van der Waals surface area (Å²) in [5.74, 6) is -1.45. The molecule has 0 radical (unpaired) electrons. The Kier molecular flexibility index (Phi) is 5.10. The summed E-state index contributed by atoms with van der Waals surface area (Å²) in [6.07, 6.45) is -4.75. The molecule has 1 atom stereocenters. The molecule has 0 N–H and O–H groups in total. The van der Waals surface area contributed by atoms with Gasteiger partial charge in [0.1, 0.15) is 11.6 Å². The van der Waals surface area contributed by atoms with Crippen LogP contribution in [-0.4, -0.2) is 29.0 Å². The van der Waals surface area contributed by atoms with E-state index in [0.717, 1.165) is 12.1 Å². The van der Waals surface area contributed by atoms with Crippen molar-refractivity contribution < 1.29 is 31.6 Å². The van der Waals surface area contributed by atoms with Crippen molar-refractivity contribution in [2.45, 2.75) is 18.7 Å². The van der Waals surface area contributed by atoms with E-state index in [0.29, 0.717) is 10.6 Å². The molecule has 1 amide bonds. The van der Waals surface area contributed by atoms with Crippen LogP contribution in [0, 0.1) is 5.82 Å². The number of ether oxygens (including phenoxy) is 1. The minimum Gasteiger partial charge on any atom is -0.406 e. The molecule has 6 nitrogen and oxygen atoms in total. The molecule has 1 unspecified atom stereocenters. The number of nitrogens with zero attached hydrogens (tertiary/aromatic N) is 3. The largest absolute Gasteiger partial charge is 0.573 e. The Labute approximate surface area is 172 Å². The number of rotatable bonds is 4. The van der Waals surface area contributed by atoms with E-state index in [-0.39, 0.29) is 42.0 Å². The fourth-order valence-corrected chi connectivity index (χ4v) is 3.29. The van der Waals surface area contributed by atoms with Crippen molar-refractivity contribution in [3.05, 3.63) is 59.2 Å². The van der Waals surface area contributed by atoms with Crippen LogP contribution in [0.1, 0.15) is 18.2 Å². The van der Waals surface area contributed by atoms with Crippen LogP contribution in [-0.2, 0) is 4.79 Å². The van der Waals surface area contributed by atoms with Gasteiger partial charge in [-0.25, -0.2) is 4.39 Å². The fraction of sp³-hybridized carbons (Fsp3) is 0.211. The summed E-state index contributed by atoms with van der Waals surface area (Å²) in [5.41, 5.74) is 0.469. The zero-order chi connectivity index (χ0) is 21.5. The lowest BCUT2D eigenvalue weighted by Gasteiger charge is -2.17. The van der Waals surface area contributed by atoms with Gasteiger partial charge in [0.2, 0.25) is 17.6 Å². The van der Waals surface area contributed by atoms with Gasteiger partial charge < -0.3 is 14.2 Å². The number of halogens is 5. The van der Waals surface area contributed by atoms with Crippen LogP contribution < -0.4 is 9.64 Å². The van der Waals surface area contributed by atoms with E-state index in [2.05, 4.69) is 14.9 Å². The lowest BCUT2D eigenvalue weighted by Crippen LogP contribution is -2.25. The minimum atomic E-state index is -4.79. The fourth-order valence-electron chi connectivity index (χ4n) is 3.12. The smallest absolute Gasteiger partial charge is 0.406 e. The Morgan fingerprint density at radius 3 is 2.60 bits per heavy atom. The molecule has 0 aliphatic carbocycles. The second kappa shape index (κ2) is 7.60. The van der Waals surface area contributed by atoms with E-state index in [9.17, 15) is 22.4 Å². The maximum Gasteiger partial charge on any atom is 0.573 e. The second-order valence-corrected chi connectivity index (χ2v) is 6.97. The molecule has 3 aromatic rings. The highest BCUT2D eigenvalue weighted by atomic mass is 35.5. The van der Waals surface area contributed by atoms with Crippen LogP contribution in [0.25, 0.3) is 11.4 Å². The molecule has 156 valence electrons. The third-order valence-electron chi connectivity index (χ3n) is 4.46. The zero-order valence-electron chi connectivity index (χ0n) is 15.0. The van der Waals surface area contributed by atoms with E-state index in [1.54, 1.807) is 0 Å². The first-order chi connectivity index (χ1) is 14.2. The average Bonchev–Trinajstić information content (AvgIpc) is 3.30. The van der Waals surface area contributed by atoms with Gasteiger partial charge in [-0.05, 0) is 42.5 Å². The topological polar surface area (TPSA) is 68.5 Å². The van der Waals surface area contributed by atoms with Crippen LogP contribution in [0.2, 0.25) is 5.02 Å². The van der Waals surface area contributed by atoms with Crippen LogP contribution in [0.5, 0.6) is 5.75 Å². The Hall–Kier alpha value is -3.14. The number of alkyl halides is 3. The predicted molar refractivity (Wildman–Crippen MR) is 97.5 cm³/mol. The molecule has 1 fully saturated rings. The van der Waals surface area contributed by atoms with Crippen molar-refractivity contribution in [1.29, 1.82) is 0 Å². The average molecular weight is 442 g/mol. The van der Waals surface area contributed by atoms with Crippen molar-refractivity contribution in [3.8, 4) is 17.1 Å². The first kappa shape index (κ1) is 20.1. The molecule has 1 aromatic heterocycles. The summed E-state index contributed by atoms with van der Waals surface area (Å²) in [5, 5.41) is 4.11. The highest BCUT2D eigenvalue weighted by Gasteiger charge is 2.36. The van der Waals surface area contributed by atoms with Crippen molar-refractivity contribution in [2.24, 2.45) is 0 Å². The standard InChI is InChI=1S/C19H12ClF4N3O3/c20-12-3-6-14(21)15(8-12)27-9-11(7-16(27)28)18-25-17(26-30-18)10-1-4-13(5-2-10)29-19(22,23)24/h1-6,8,11H,7,9H2.